The van der Waals surface area contributed by atoms with E-state index in [1.54, 1.807) is 13.4 Å². The second kappa shape index (κ2) is 4.93. The van der Waals surface area contributed by atoms with Crippen LogP contribution in [-0.4, -0.2) is 7.11 Å². The molecule has 2 rings (SSSR count). The van der Waals surface area contributed by atoms with E-state index in [0.29, 0.717) is 4.67 Å². The van der Waals surface area contributed by atoms with E-state index >= 15 is 0 Å². The van der Waals surface area contributed by atoms with Crippen molar-refractivity contribution >= 4 is 27.5 Å². The van der Waals surface area contributed by atoms with E-state index in [2.05, 4.69) is 15.9 Å². The summed E-state index contributed by atoms with van der Waals surface area (Å²) in [4.78, 5) is 0. The van der Waals surface area contributed by atoms with Crippen LogP contribution in [0, 0.1) is 0 Å². The molecule has 0 amide bonds. The van der Waals surface area contributed by atoms with Gasteiger partial charge in [-0.15, -0.1) is 11.6 Å². The first kappa shape index (κ1) is 11.6. The molecule has 0 radical (unpaired) electrons. The predicted molar refractivity (Wildman–Crippen MR) is 67.1 cm³/mol. The van der Waals surface area contributed by atoms with Gasteiger partial charge in [0.1, 0.15) is 5.75 Å². The SMILES string of the molecule is COc1ccc(C(Cl)c2ccoc2Br)cc1. The Hall–Kier alpha value is -0.930. The summed E-state index contributed by atoms with van der Waals surface area (Å²) in [5.41, 5.74) is 1.93. The summed E-state index contributed by atoms with van der Waals surface area (Å²) < 4.78 is 10.9. The van der Waals surface area contributed by atoms with Gasteiger partial charge < -0.3 is 9.15 Å². The van der Waals surface area contributed by atoms with E-state index in [-0.39, 0.29) is 5.38 Å². The summed E-state index contributed by atoms with van der Waals surface area (Å²) >= 11 is 9.66. The van der Waals surface area contributed by atoms with Crippen molar-refractivity contribution in [3.8, 4) is 5.75 Å². The van der Waals surface area contributed by atoms with Crippen molar-refractivity contribution < 1.29 is 9.15 Å². The molecular formula is C12H10BrClO2. The van der Waals surface area contributed by atoms with Gasteiger partial charge in [0.25, 0.3) is 0 Å². The van der Waals surface area contributed by atoms with Crippen molar-refractivity contribution in [2.75, 3.05) is 7.11 Å². The van der Waals surface area contributed by atoms with Crippen molar-refractivity contribution in [3.63, 3.8) is 0 Å². The molecule has 1 aromatic carbocycles. The zero-order valence-corrected chi connectivity index (χ0v) is 11.0. The molecule has 0 aliphatic carbocycles. The molecule has 1 atom stereocenters. The van der Waals surface area contributed by atoms with Crippen LogP contribution in [0.3, 0.4) is 0 Å². The number of benzene rings is 1. The van der Waals surface area contributed by atoms with Crippen molar-refractivity contribution in [2.24, 2.45) is 0 Å². The zero-order chi connectivity index (χ0) is 11.5. The van der Waals surface area contributed by atoms with E-state index in [0.717, 1.165) is 16.9 Å². The minimum Gasteiger partial charge on any atom is -0.497 e. The number of alkyl halides is 1. The summed E-state index contributed by atoms with van der Waals surface area (Å²) in [6, 6.07) is 9.51. The fourth-order valence-corrected chi connectivity index (χ4v) is 2.36. The average Bonchev–Trinajstić information content (AvgIpc) is 2.75. The highest BCUT2D eigenvalue weighted by Crippen LogP contribution is 2.34. The number of methoxy groups -OCH3 is 1. The third kappa shape index (κ3) is 2.25. The van der Waals surface area contributed by atoms with Crippen LogP contribution in [0.2, 0.25) is 0 Å². The van der Waals surface area contributed by atoms with Gasteiger partial charge in [-0.05, 0) is 39.7 Å². The maximum absolute atomic E-state index is 6.34. The van der Waals surface area contributed by atoms with Crippen LogP contribution in [0.5, 0.6) is 5.75 Å². The maximum atomic E-state index is 6.34. The first-order valence-electron chi connectivity index (χ1n) is 4.73. The molecule has 0 fully saturated rings. The Morgan fingerprint density at radius 3 is 2.44 bits per heavy atom. The summed E-state index contributed by atoms with van der Waals surface area (Å²) in [6.45, 7) is 0. The lowest BCUT2D eigenvalue weighted by molar-refractivity contribution is 0.414. The standard InChI is InChI=1S/C12H10BrClO2/c1-15-9-4-2-8(3-5-9)11(14)10-6-7-16-12(10)13/h2-7,11H,1H3. The molecule has 0 saturated heterocycles. The van der Waals surface area contributed by atoms with E-state index in [9.17, 15) is 0 Å². The van der Waals surface area contributed by atoms with Gasteiger partial charge in [-0.1, -0.05) is 12.1 Å². The van der Waals surface area contributed by atoms with Crippen molar-refractivity contribution in [3.05, 3.63) is 52.4 Å². The van der Waals surface area contributed by atoms with Gasteiger partial charge in [0.2, 0.25) is 0 Å². The van der Waals surface area contributed by atoms with Crippen LogP contribution >= 0.6 is 27.5 Å². The van der Waals surface area contributed by atoms with Gasteiger partial charge in [-0.3, -0.25) is 0 Å². The Morgan fingerprint density at radius 2 is 1.94 bits per heavy atom. The number of furan rings is 1. The Morgan fingerprint density at radius 1 is 1.25 bits per heavy atom. The highest BCUT2D eigenvalue weighted by atomic mass is 79.9. The lowest BCUT2D eigenvalue weighted by atomic mass is 10.1. The number of halogens is 2. The van der Waals surface area contributed by atoms with Gasteiger partial charge in [-0.2, -0.15) is 0 Å². The fraction of sp³-hybridized carbons (Fsp3) is 0.167. The summed E-state index contributed by atoms with van der Waals surface area (Å²) in [6.07, 6.45) is 1.61. The maximum Gasteiger partial charge on any atom is 0.173 e. The first-order chi connectivity index (χ1) is 7.72. The highest BCUT2D eigenvalue weighted by Gasteiger charge is 2.15. The Bertz CT molecular complexity index is 464. The monoisotopic (exact) mass is 300 g/mol. The lowest BCUT2D eigenvalue weighted by Gasteiger charge is -2.09. The molecule has 0 saturated carbocycles. The van der Waals surface area contributed by atoms with Crippen molar-refractivity contribution in [1.82, 2.24) is 0 Å². The summed E-state index contributed by atoms with van der Waals surface area (Å²) in [5, 5.41) is -0.223. The van der Waals surface area contributed by atoms with Crippen LogP contribution in [0.1, 0.15) is 16.5 Å². The molecule has 0 aliphatic rings. The van der Waals surface area contributed by atoms with Crippen LogP contribution in [0.15, 0.2) is 45.7 Å². The van der Waals surface area contributed by atoms with Crippen LogP contribution in [0.4, 0.5) is 0 Å². The molecule has 0 aliphatic heterocycles. The molecule has 1 aromatic heterocycles. The summed E-state index contributed by atoms with van der Waals surface area (Å²) in [5.74, 6) is 0.818. The normalized spacial score (nSPS) is 12.4. The molecule has 2 nitrogen and oxygen atoms in total. The van der Waals surface area contributed by atoms with Gasteiger partial charge in [0.05, 0.1) is 18.8 Å². The van der Waals surface area contributed by atoms with E-state index in [1.807, 2.05) is 30.3 Å². The van der Waals surface area contributed by atoms with Gasteiger partial charge in [0, 0.05) is 5.56 Å². The van der Waals surface area contributed by atoms with E-state index in [4.69, 9.17) is 20.8 Å². The second-order valence-electron chi connectivity index (χ2n) is 3.29. The molecule has 1 heterocycles. The smallest absolute Gasteiger partial charge is 0.173 e. The van der Waals surface area contributed by atoms with Crippen LogP contribution in [0.25, 0.3) is 0 Å². The number of hydrogen-bond acceptors (Lipinski definition) is 2. The molecule has 1 unspecified atom stereocenters. The molecule has 0 N–H and O–H groups in total. The molecule has 4 heteroatoms. The third-order valence-electron chi connectivity index (χ3n) is 2.33. The van der Waals surface area contributed by atoms with Crippen LogP contribution in [-0.2, 0) is 0 Å². The predicted octanol–water partition coefficient (Wildman–Crippen LogP) is 4.38. The Balaban J connectivity index is 2.27. The quantitative estimate of drug-likeness (QED) is 0.785. The van der Waals surface area contributed by atoms with Gasteiger partial charge in [0.15, 0.2) is 4.67 Å². The second-order valence-corrected chi connectivity index (χ2v) is 4.44. The van der Waals surface area contributed by atoms with Gasteiger partial charge >= 0.3 is 0 Å². The lowest BCUT2D eigenvalue weighted by Crippen LogP contribution is -1.92. The van der Waals surface area contributed by atoms with E-state index in [1.165, 1.54) is 0 Å². The number of rotatable bonds is 3. The molecule has 0 spiro atoms. The average molecular weight is 302 g/mol. The number of ether oxygens (including phenoxy) is 1. The molecule has 84 valence electrons. The summed E-state index contributed by atoms with van der Waals surface area (Å²) in [7, 11) is 1.64. The first-order valence-corrected chi connectivity index (χ1v) is 5.96. The highest BCUT2D eigenvalue weighted by molar-refractivity contribution is 9.10. The minimum atomic E-state index is -0.223. The fourth-order valence-electron chi connectivity index (χ4n) is 1.44. The van der Waals surface area contributed by atoms with Gasteiger partial charge in [-0.25, -0.2) is 0 Å². The Labute approximate surface area is 107 Å². The topological polar surface area (TPSA) is 22.4 Å². The minimum absolute atomic E-state index is 0.223. The zero-order valence-electron chi connectivity index (χ0n) is 8.61. The third-order valence-corrected chi connectivity index (χ3v) is 3.46. The van der Waals surface area contributed by atoms with E-state index < -0.39 is 0 Å². The molecule has 0 bridgehead atoms. The molecule has 16 heavy (non-hydrogen) atoms. The number of hydrogen-bond donors (Lipinski definition) is 0. The Kier molecular flexibility index (Phi) is 3.56. The molecular weight excluding hydrogens is 291 g/mol. The van der Waals surface area contributed by atoms with Crippen molar-refractivity contribution in [2.45, 2.75) is 5.38 Å². The van der Waals surface area contributed by atoms with Crippen molar-refractivity contribution in [1.29, 1.82) is 0 Å². The largest absolute Gasteiger partial charge is 0.497 e. The molecule has 2 aromatic rings. The van der Waals surface area contributed by atoms with Crippen LogP contribution < -0.4 is 4.74 Å².